The van der Waals surface area contributed by atoms with E-state index in [4.69, 9.17) is 10.3 Å². The molecule has 3 rings (SSSR count). The van der Waals surface area contributed by atoms with Crippen molar-refractivity contribution in [3.05, 3.63) is 27.1 Å². The number of azide groups is 1. The predicted molar refractivity (Wildman–Crippen MR) is 94.8 cm³/mol. The number of imidazole rings is 1. The Morgan fingerprint density at radius 2 is 2.33 bits per heavy atom. The van der Waals surface area contributed by atoms with Gasteiger partial charge in [-0.1, -0.05) is 25.9 Å². The van der Waals surface area contributed by atoms with E-state index in [2.05, 4.69) is 30.3 Å². The molecule has 0 bridgehead atoms. The Kier molecular flexibility index (Phi) is 5.13. The first-order valence-electron chi connectivity index (χ1n) is 8.52. The third-order valence-electron chi connectivity index (χ3n) is 4.40. The van der Waals surface area contributed by atoms with Crippen LogP contribution in [-0.4, -0.2) is 48.8 Å². The van der Waals surface area contributed by atoms with Gasteiger partial charge in [-0.15, -0.1) is 0 Å². The molecular formula is C15H20N8O4. The van der Waals surface area contributed by atoms with E-state index < -0.39 is 30.0 Å². The van der Waals surface area contributed by atoms with Crippen molar-refractivity contribution in [1.29, 1.82) is 0 Å². The molecule has 0 saturated carbocycles. The summed E-state index contributed by atoms with van der Waals surface area (Å²) in [6.07, 6.45) is -0.587. The highest BCUT2D eigenvalue weighted by molar-refractivity contribution is 5.91. The fourth-order valence-electron chi connectivity index (χ4n) is 2.91. The van der Waals surface area contributed by atoms with Crippen LogP contribution in [0.25, 0.3) is 21.6 Å². The van der Waals surface area contributed by atoms with Gasteiger partial charge in [-0.3, -0.25) is 24.5 Å². The molecule has 27 heavy (non-hydrogen) atoms. The zero-order chi connectivity index (χ0) is 19.7. The molecule has 0 aliphatic carbocycles. The van der Waals surface area contributed by atoms with Crippen molar-refractivity contribution in [1.82, 2.24) is 19.5 Å². The largest absolute Gasteiger partial charge is 0.390 e. The minimum absolute atomic E-state index is 0.0288. The molecule has 144 valence electrons. The molecule has 2 aromatic rings. The molecule has 1 aliphatic heterocycles. The Labute approximate surface area is 153 Å². The minimum atomic E-state index is -1.00. The highest BCUT2D eigenvalue weighted by Gasteiger charge is 2.44. The van der Waals surface area contributed by atoms with Gasteiger partial charge >= 0.3 is 0 Å². The van der Waals surface area contributed by atoms with Crippen LogP contribution in [0.2, 0.25) is 0 Å². The number of ether oxygens (including phenoxy) is 1. The lowest BCUT2D eigenvalue weighted by atomic mass is 10.1. The number of rotatable bonds is 5. The zero-order valence-corrected chi connectivity index (χ0v) is 15.0. The van der Waals surface area contributed by atoms with E-state index in [0.29, 0.717) is 6.42 Å². The summed E-state index contributed by atoms with van der Waals surface area (Å²) in [7, 11) is 0. The first-order chi connectivity index (χ1) is 12.9. The number of hydrogen-bond acceptors (Lipinski definition) is 7. The topological polar surface area (TPSA) is 171 Å². The summed E-state index contributed by atoms with van der Waals surface area (Å²) in [6.45, 7) is 5.25. The first kappa shape index (κ1) is 18.8. The van der Waals surface area contributed by atoms with E-state index >= 15 is 0 Å². The second-order valence-electron chi connectivity index (χ2n) is 6.54. The summed E-state index contributed by atoms with van der Waals surface area (Å²) in [5.74, 6) is -0.642. The van der Waals surface area contributed by atoms with Crippen LogP contribution in [0.1, 0.15) is 33.4 Å². The van der Waals surface area contributed by atoms with Crippen LogP contribution in [0.4, 0.5) is 5.95 Å². The maximum absolute atomic E-state index is 12.3. The predicted octanol–water partition coefficient (Wildman–Crippen LogP) is 1.06. The summed E-state index contributed by atoms with van der Waals surface area (Å²) in [5, 5.41) is 16.5. The number of carbonyl (C=O) groups excluding carboxylic acids is 1. The molecule has 12 nitrogen and oxygen atoms in total. The lowest BCUT2D eigenvalue weighted by molar-refractivity contribution is -0.118. The number of hydrogen-bond donors (Lipinski definition) is 3. The second kappa shape index (κ2) is 7.35. The standard InChI is InChI=1S/C15H20N8O4/c1-4-7-10(24)8(21-22-16)14(27-7)23-5-17-9-11(23)18-15(20-13(9)26)19-12(25)6(2)3/h5-8,10,14,24H,4H2,1-3H3,(H2,18,19,20,25,26)/t7-,8-,10+,14-/m1/s1. The Hall–Kier alpha value is -2.95. The molecular weight excluding hydrogens is 356 g/mol. The average Bonchev–Trinajstić information content (AvgIpc) is 3.17. The van der Waals surface area contributed by atoms with Gasteiger partial charge in [-0.25, -0.2) is 4.98 Å². The van der Waals surface area contributed by atoms with Crippen LogP contribution < -0.4 is 10.9 Å². The highest BCUT2D eigenvalue weighted by Crippen LogP contribution is 2.34. The van der Waals surface area contributed by atoms with Crippen LogP contribution in [0.5, 0.6) is 0 Å². The molecule has 4 atom stereocenters. The monoisotopic (exact) mass is 376 g/mol. The van der Waals surface area contributed by atoms with E-state index in [-0.39, 0.29) is 28.9 Å². The molecule has 1 aliphatic rings. The SMILES string of the molecule is CC[C@H]1O[C@@H](n2cnc3c(=O)[nH]c(NC(=O)C(C)C)nc32)[C@H](N=[N+]=[N-])[C@H]1O. The van der Waals surface area contributed by atoms with Crippen molar-refractivity contribution in [3.63, 3.8) is 0 Å². The van der Waals surface area contributed by atoms with Gasteiger partial charge in [0.15, 0.2) is 11.2 Å². The fourth-order valence-corrected chi connectivity index (χ4v) is 2.91. The molecule has 3 N–H and O–H groups in total. The molecule has 1 saturated heterocycles. The summed E-state index contributed by atoms with van der Waals surface area (Å²) in [6, 6.07) is -0.910. The van der Waals surface area contributed by atoms with Crippen LogP contribution in [0, 0.1) is 5.92 Å². The van der Waals surface area contributed by atoms with E-state index in [9.17, 15) is 14.7 Å². The van der Waals surface area contributed by atoms with E-state index in [0.717, 1.165) is 0 Å². The van der Waals surface area contributed by atoms with Gasteiger partial charge in [0.2, 0.25) is 11.9 Å². The lowest BCUT2D eigenvalue weighted by Gasteiger charge is -2.17. The maximum Gasteiger partial charge on any atom is 0.280 e. The molecule has 1 amide bonds. The molecule has 2 aromatic heterocycles. The van der Waals surface area contributed by atoms with Crippen molar-refractivity contribution in [2.45, 2.75) is 51.7 Å². The van der Waals surface area contributed by atoms with E-state index in [1.165, 1.54) is 10.9 Å². The Morgan fingerprint density at radius 3 is 2.96 bits per heavy atom. The number of nitrogens with one attached hydrogen (secondary N) is 2. The average molecular weight is 376 g/mol. The number of aliphatic hydroxyl groups excluding tert-OH is 1. The van der Waals surface area contributed by atoms with Crippen LogP contribution in [-0.2, 0) is 9.53 Å². The van der Waals surface area contributed by atoms with Crippen LogP contribution in [0.15, 0.2) is 16.2 Å². The minimum Gasteiger partial charge on any atom is -0.390 e. The number of aliphatic hydroxyl groups is 1. The van der Waals surface area contributed by atoms with Gasteiger partial charge < -0.3 is 9.84 Å². The number of aromatic amines is 1. The van der Waals surface area contributed by atoms with Crippen molar-refractivity contribution in [2.75, 3.05) is 5.32 Å². The van der Waals surface area contributed by atoms with Gasteiger partial charge in [-0.2, -0.15) is 4.98 Å². The van der Waals surface area contributed by atoms with Crippen molar-refractivity contribution >= 4 is 23.0 Å². The summed E-state index contributed by atoms with van der Waals surface area (Å²) in [5.41, 5.74) is 8.46. The van der Waals surface area contributed by atoms with Gasteiger partial charge in [0.05, 0.1) is 18.5 Å². The molecule has 0 unspecified atom stereocenters. The van der Waals surface area contributed by atoms with Gasteiger partial charge in [0.1, 0.15) is 12.3 Å². The smallest absolute Gasteiger partial charge is 0.280 e. The molecule has 0 spiro atoms. The number of aromatic nitrogens is 4. The van der Waals surface area contributed by atoms with Gasteiger partial charge in [0.25, 0.3) is 5.56 Å². The van der Waals surface area contributed by atoms with Gasteiger partial charge in [0, 0.05) is 10.8 Å². The number of amides is 1. The zero-order valence-electron chi connectivity index (χ0n) is 15.0. The molecule has 1 fully saturated rings. The summed E-state index contributed by atoms with van der Waals surface area (Å²) < 4.78 is 7.23. The fraction of sp³-hybridized carbons (Fsp3) is 0.600. The molecule has 3 heterocycles. The Morgan fingerprint density at radius 1 is 1.59 bits per heavy atom. The van der Waals surface area contributed by atoms with E-state index in [1.807, 2.05) is 6.92 Å². The normalized spacial score (nSPS) is 24.9. The number of nitrogens with zero attached hydrogens (tertiary/aromatic N) is 6. The number of carbonyl (C=O) groups is 1. The third kappa shape index (κ3) is 3.37. The van der Waals surface area contributed by atoms with Crippen LogP contribution >= 0.6 is 0 Å². The molecule has 12 heteroatoms. The van der Waals surface area contributed by atoms with Crippen molar-refractivity contribution in [3.8, 4) is 0 Å². The Balaban J connectivity index is 2.06. The van der Waals surface area contributed by atoms with E-state index in [1.54, 1.807) is 13.8 Å². The van der Waals surface area contributed by atoms with Crippen LogP contribution in [0.3, 0.4) is 0 Å². The lowest BCUT2D eigenvalue weighted by Crippen LogP contribution is -2.29. The van der Waals surface area contributed by atoms with Crippen molar-refractivity contribution in [2.24, 2.45) is 11.0 Å². The molecule has 0 radical (unpaired) electrons. The highest BCUT2D eigenvalue weighted by atomic mass is 16.5. The summed E-state index contributed by atoms with van der Waals surface area (Å²) >= 11 is 0. The second-order valence-corrected chi connectivity index (χ2v) is 6.54. The van der Waals surface area contributed by atoms with Crippen molar-refractivity contribution < 1.29 is 14.6 Å². The van der Waals surface area contributed by atoms with Gasteiger partial charge in [-0.05, 0) is 12.0 Å². The first-order valence-corrected chi connectivity index (χ1v) is 8.52. The Bertz CT molecular complexity index is 960. The maximum atomic E-state index is 12.3. The number of anilines is 1. The third-order valence-corrected chi connectivity index (χ3v) is 4.40. The quantitative estimate of drug-likeness (QED) is 0.400. The number of fused-ring (bicyclic) bond motifs is 1. The summed E-state index contributed by atoms with van der Waals surface area (Å²) in [4.78, 5) is 37.7. The number of H-pyrrole nitrogens is 1. The molecule has 0 aromatic carbocycles.